The first kappa shape index (κ1) is 27.3. The summed E-state index contributed by atoms with van der Waals surface area (Å²) in [6, 6.07) is 8.51. The van der Waals surface area contributed by atoms with Crippen molar-refractivity contribution in [2.24, 2.45) is 5.41 Å². The number of hydrogen-bond donors (Lipinski definition) is 0. The van der Waals surface area contributed by atoms with E-state index in [1.807, 2.05) is 25.1 Å². The number of urea groups is 1. The first-order valence-corrected chi connectivity index (χ1v) is 12.4. The van der Waals surface area contributed by atoms with Crippen LogP contribution >= 0.6 is 0 Å². The number of carbonyl (C=O) groups is 3. The number of nitrogens with zero attached hydrogens (tertiary/aromatic N) is 3. The summed E-state index contributed by atoms with van der Waals surface area (Å²) >= 11 is 0. The van der Waals surface area contributed by atoms with E-state index in [4.69, 9.17) is 18.9 Å². The lowest BCUT2D eigenvalue weighted by Gasteiger charge is -2.46. The van der Waals surface area contributed by atoms with Crippen LogP contribution in [0.3, 0.4) is 0 Å². The zero-order valence-electron chi connectivity index (χ0n) is 23.0. The smallest absolute Gasteiger partial charge is 0.332 e. The molecule has 4 rings (SSSR count). The summed E-state index contributed by atoms with van der Waals surface area (Å²) in [6.45, 7) is 2.81. The van der Waals surface area contributed by atoms with Crippen LogP contribution in [0.15, 0.2) is 30.3 Å². The molecule has 0 radical (unpaired) electrons. The van der Waals surface area contributed by atoms with Gasteiger partial charge in [0.15, 0.2) is 23.0 Å². The van der Waals surface area contributed by atoms with Crippen molar-refractivity contribution in [1.82, 2.24) is 14.7 Å². The molecule has 0 unspecified atom stereocenters. The monoisotopic (exact) mass is 525 g/mol. The number of amides is 4. The molecule has 204 valence electrons. The Morgan fingerprint density at radius 3 is 1.95 bits per heavy atom. The van der Waals surface area contributed by atoms with Gasteiger partial charge in [-0.15, -0.1) is 0 Å². The van der Waals surface area contributed by atoms with Crippen molar-refractivity contribution in [2.75, 3.05) is 55.6 Å². The fourth-order valence-corrected chi connectivity index (χ4v) is 5.57. The van der Waals surface area contributed by atoms with Crippen molar-refractivity contribution in [3.05, 3.63) is 47.0 Å². The Kier molecular flexibility index (Phi) is 7.55. The number of barbiturate groups is 1. The maximum Gasteiger partial charge on any atom is 0.332 e. The fourth-order valence-electron chi connectivity index (χ4n) is 5.57. The van der Waals surface area contributed by atoms with Gasteiger partial charge in [0.25, 0.3) is 0 Å². The number of benzene rings is 2. The first-order chi connectivity index (χ1) is 18.1. The summed E-state index contributed by atoms with van der Waals surface area (Å²) in [5.74, 6) is 1.28. The largest absolute Gasteiger partial charge is 0.493 e. The molecule has 1 saturated heterocycles. The minimum Gasteiger partial charge on any atom is -0.493 e. The number of methoxy groups -OCH3 is 4. The third kappa shape index (κ3) is 4.42. The molecule has 4 amide bonds. The van der Waals surface area contributed by atoms with E-state index < -0.39 is 23.3 Å². The molecule has 0 bridgehead atoms. The molecule has 1 atom stereocenters. The minimum absolute atomic E-state index is 0.0923. The van der Waals surface area contributed by atoms with Crippen LogP contribution in [0.25, 0.3) is 0 Å². The summed E-state index contributed by atoms with van der Waals surface area (Å²) in [5, 5.41) is 0. The van der Waals surface area contributed by atoms with Crippen LogP contribution in [0.1, 0.15) is 29.7 Å². The molecule has 10 nitrogen and oxygen atoms in total. The summed E-state index contributed by atoms with van der Waals surface area (Å²) in [6.07, 6.45) is 0.800. The van der Waals surface area contributed by atoms with Crippen LogP contribution in [0.4, 0.5) is 4.79 Å². The van der Waals surface area contributed by atoms with Gasteiger partial charge in [-0.05, 0) is 60.7 Å². The SMILES string of the molecule is COc1ccc(CC2(CN3CCc4cc(OC)c(OC)cc4[C@H]3C)C(=O)N(C)C(=O)N(C)C2=O)cc1OC. The van der Waals surface area contributed by atoms with E-state index >= 15 is 0 Å². The van der Waals surface area contributed by atoms with Crippen molar-refractivity contribution < 1.29 is 33.3 Å². The van der Waals surface area contributed by atoms with Gasteiger partial charge < -0.3 is 18.9 Å². The quantitative estimate of drug-likeness (QED) is 0.486. The highest BCUT2D eigenvalue weighted by Gasteiger charge is 2.56. The highest BCUT2D eigenvalue weighted by Crippen LogP contribution is 2.42. The van der Waals surface area contributed by atoms with E-state index in [0.29, 0.717) is 36.0 Å². The van der Waals surface area contributed by atoms with Crippen LogP contribution in [-0.4, -0.2) is 88.2 Å². The molecule has 0 N–H and O–H groups in total. The van der Waals surface area contributed by atoms with E-state index in [1.165, 1.54) is 21.2 Å². The van der Waals surface area contributed by atoms with E-state index in [1.54, 1.807) is 33.5 Å². The minimum atomic E-state index is -1.51. The molecule has 2 aromatic rings. The second-order valence-electron chi connectivity index (χ2n) is 9.76. The van der Waals surface area contributed by atoms with Gasteiger partial charge in [-0.25, -0.2) is 4.79 Å². The molecule has 0 aliphatic carbocycles. The fraction of sp³-hybridized carbons (Fsp3) is 0.464. The van der Waals surface area contributed by atoms with Gasteiger partial charge >= 0.3 is 6.03 Å². The predicted molar refractivity (Wildman–Crippen MR) is 140 cm³/mol. The van der Waals surface area contributed by atoms with E-state index in [-0.39, 0.29) is 19.0 Å². The van der Waals surface area contributed by atoms with Gasteiger partial charge in [0.05, 0.1) is 28.4 Å². The van der Waals surface area contributed by atoms with Crippen LogP contribution < -0.4 is 18.9 Å². The molecule has 2 heterocycles. The Hall–Kier alpha value is -3.79. The lowest BCUT2D eigenvalue weighted by molar-refractivity contribution is -0.159. The molecule has 0 aromatic heterocycles. The highest BCUT2D eigenvalue weighted by atomic mass is 16.5. The first-order valence-electron chi connectivity index (χ1n) is 12.4. The van der Waals surface area contributed by atoms with Gasteiger partial charge in [0.2, 0.25) is 11.8 Å². The lowest BCUT2D eigenvalue weighted by Crippen LogP contribution is -2.67. The Balaban J connectivity index is 1.76. The standard InChI is InChI=1S/C28H35N3O7/c1-17-20-14-24(38-7)23(37-6)13-19(20)10-11-31(17)16-28(25(32)29(2)27(34)30(3)26(28)33)15-18-8-9-21(35-4)22(12-18)36-5/h8-9,12-14,17H,10-11,15-16H2,1-7H3/t17-/m1/s1. The third-order valence-electron chi connectivity index (χ3n) is 7.74. The number of carbonyl (C=O) groups excluding carboxylic acids is 3. The Bertz CT molecular complexity index is 1240. The molecule has 38 heavy (non-hydrogen) atoms. The average molecular weight is 526 g/mol. The summed E-state index contributed by atoms with van der Waals surface area (Å²) in [7, 11) is 9.12. The number of imide groups is 2. The van der Waals surface area contributed by atoms with E-state index in [2.05, 4.69) is 4.90 Å². The zero-order valence-corrected chi connectivity index (χ0v) is 23.0. The molecule has 0 saturated carbocycles. The maximum atomic E-state index is 13.8. The number of rotatable bonds is 8. The maximum absolute atomic E-state index is 13.8. The molecule has 0 spiro atoms. The van der Waals surface area contributed by atoms with Crippen molar-refractivity contribution in [1.29, 1.82) is 0 Å². The average Bonchev–Trinajstić information content (AvgIpc) is 2.94. The van der Waals surface area contributed by atoms with E-state index in [0.717, 1.165) is 26.5 Å². The second kappa shape index (κ2) is 10.5. The van der Waals surface area contributed by atoms with Crippen molar-refractivity contribution in [3.63, 3.8) is 0 Å². The molecule has 2 aliphatic rings. The third-order valence-corrected chi connectivity index (χ3v) is 7.74. The number of hydrogen-bond acceptors (Lipinski definition) is 8. The van der Waals surface area contributed by atoms with Gasteiger partial charge in [-0.3, -0.25) is 24.3 Å². The zero-order chi connectivity index (χ0) is 27.8. The Labute approximate surface area is 223 Å². The summed E-state index contributed by atoms with van der Waals surface area (Å²) in [4.78, 5) is 44.6. The second-order valence-corrected chi connectivity index (χ2v) is 9.76. The van der Waals surface area contributed by atoms with Crippen LogP contribution in [-0.2, 0) is 22.4 Å². The molecular weight excluding hydrogens is 490 g/mol. The topological polar surface area (TPSA) is 97.9 Å². The predicted octanol–water partition coefficient (Wildman–Crippen LogP) is 2.92. The molecule has 2 aromatic carbocycles. The number of fused-ring (bicyclic) bond motifs is 1. The van der Waals surface area contributed by atoms with Crippen LogP contribution in [0.5, 0.6) is 23.0 Å². The van der Waals surface area contributed by atoms with Gasteiger partial charge in [-0.1, -0.05) is 6.07 Å². The Morgan fingerprint density at radius 2 is 1.37 bits per heavy atom. The Morgan fingerprint density at radius 1 is 0.816 bits per heavy atom. The lowest BCUT2D eigenvalue weighted by atomic mass is 9.76. The van der Waals surface area contributed by atoms with Crippen molar-refractivity contribution in [2.45, 2.75) is 25.8 Å². The molecule has 10 heteroatoms. The molecule has 1 fully saturated rings. The molecule has 2 aliphatic heterocycles. The number of ether oxygens (including phenoxy) is 4. The van der Waals surface area contributed by atoms with Gasteiger partial charge in [0.1, 0.15) is 5.41 Å². The highest BCUT2D eigenvalue weighted by molar-refractivity contribution is 6.19. The van der Waals surface area contributed by atoms with Gasteiger partial charge in [0, 0.05) is 33.2 Å². The summed E-state index contributed by atoms with van der Waals surface area (Å²) < 4.78 is 21.8. The normalized spacial score (nSPS) is 19.3. The van der Waals surface area contributed by atoms with Gasteiger partial charge in [-0.2, -0.15) is 0 Å². The van der Waals surface area contributed by atoms with Crippen LogP contribution in [0.2, 0.25) is 0 Å². The van der Waals surface area contributed by atoms with Crippen molar-refractivity contribution >= 4 is 17.8 Å². The molecular formula is C28H35N3O7. The van der Waals surface area contributed by atoms with Crippen LogP contribution in [0, 0.1) is 5.41 Å². The van der Waals surface area contributed by atoms with Crippen molar-refractivity contribution in [3.8, 4) is 23.0 Å². The summed E-state index contributed by atoms with van der Waals surface area (Å²) in [5.41, 5.74) is 1.38. The van der Waals surface area contributed by atoms with E-state index in [9.17, 15) is 14.4 Å².